The molecule has 0 aliphatic carbocycles. The number of unbranched alkanes of at least 4 members (excludes halogenated alkanes) is 1. The summed E-state index contributed by atoms with van der Waals surface area (Å²) < 4.78 is 6.26. The molecular weight excluding hydrogens is 282 g/mol. The van der Waals surface area contributed by atoms with Crippen molar-refractivity contribution in [2.45, 2.75) is 32.6 Å². The van der Waals surface area contributed by atoms with E-state index in [-0.39, 0.29) is 11.7 Å². The first-order valence-electron chi connectivity index (χ1n) is 7.25. The van der Waals surface area contributed by atoms with Gasteiger partial charge in [0, 0.05) is 24.4 Å². The number of ketones is 1. The van der Waals surface area contributed by atoms with E-state index in [0.29, 0.717) is 42.1 Å². The number of hydrogen-bond acceptors (Lipinski definition) is 4. The van der Waals surface area contributed by atoms with Gasteiger partial charge in [0.2, 0.25) is 5.91 Å². The van der Waals surface area contributed by atoms with Gasteiger partial charge in [-0.2, -0.15) is 0 Å². The molecule has 0 saturated carbocycles. The fraction of sp³-hybridized carbons (Fsp3) is 0.353. The molecule has 1 aromatic heterocycles. The largest absolute Gasteiger partial charge is 0.465 e. The number of benzene rings is 1. The highest BCUT2D eigenvalue weighted by Crippen LogP contribution is 2.22. The number of methoxy groups -OCH3 is 1. The SMILES string of the molecule is COC(=O)c1cn(C(=O)CCCCC(C)=O)c2ccccc12. The Kier molecular flexibility index (Phi) is 5.09. The smallest absolute Gasteiger partial charge is 0.340 e. The Morgan fingerprint density at radius 2 is 1.77 bits per heavy atom. The van der Waals surface area contributed by atoms with Crippen LogP contribution in [0, 0.1) is 0 Å². The molecule has 0 radical (unpaired) electrons. The van der Waals surface area contributed by atoms with E-state index < -0.39 is 5.97 Å². The number of Topliss-reactive ketones (excluding diaryl/α,β-unsaturated/α-hetero) is 1. The monoisotopic (exact) mass is 301 g/mol. The first kappa shape index (κ1) is 15.9. The van der Waals surface area contributed by atoms with Crippen LogP contribution in [0.25, 0.3) is 10.9 Å². The van der Waals surface area contributed by atoms with Crippen molar-refractivity contribution in [1.82, 2.24) is 4.57 Å². The van der Waals surface area contributed by atoms with Crippen LogP contribution in [0.15, 0.2) is 30.5 Å². The number of esters is 1. The number of carbonyl (C=O) groups is 3. The number of carbonyl (C=O) groups excluding carboxylic acids is 3. The maximum absolute atomic E-state index is 12.4. The maximum Gasteiger partial charge on any atom is 0.340 e. The van der Waals surface area contributed by atoms with Crippen LogP contribution in [0.1, 0.15) is 47.8 Å². The lowest BCUT2D eigenvalue weighted by molar-refractivity contribution is -0.117. The van der Waals surface area contributed by atoms with E-state index in [1.807, 2.05) is 12.1 Å². The van der Waals surface area contributed by atoms with Crippen LogP contribution in [0.2, 0.25) is 0 Å². The number of aromatic nitrogens is 1. The zero-order valence-electron chi connectivity index (χ0n) is 12.8. The van der Waals surface area contributed by atoms with Gasteiger partial charge >= 0.3 is 5.97 Å². The van der Waals surface area contributed by atoms with Crippen molar-refractivity contribution in [3.05, 3.63) is 36.0 Å². The van der Waals surface area contributed by atoms with Gasteiger partial charge < -0.3 is 9.53 Å². The summed E-state index contributed by atoms with van der Waals surface area (Å²) in [6.07, 6.45) is 3.71. The molecule has 0 fully saturated rings. The Bertz CT molecular complexity index is 715. The third-order valence-electron chi connectivity index (χ3n) is 3.56. The summed E-state index contributed by atoms with van der Waals surface area (Å²) in [5, 5.41) is 0.700. The number of para-hydroxylation sites is 1. The predicted molar refractivity (Wildman–Crippen MR) is 83.1 cm³/mol. The Hall–Kier alpha value is -2.43. The normalized spacial score (nSPS) is 10.6. The van der Waals surface area contributed by atoms with Crippen LogP contribution < -0.4 is 0 Å². The van der Waals surface area contributed by atoms with Crippen molar-refractivity contribution in [2.24, 2.45) is 0 Å². The van der Waals surface area contributed by atoms with Gasteiger partial charge in [-0.25, -0.2) is 4.79 Å². The third kappa shape index (κ3) is 3.42. The number of hydrogen-bond donors (Lipinski definition) is 0. The van der Waals surface area contributed by atoms with Crippen LogP contribution in [-0.2, 0) is 9.53 Å². The van der Waals surface area contributed by atoms with E-state index in [4.69, 9.17) is 4.74 Å². The molecule has 2 rings (SSSR count). The molecule has 0 aliphatic rings. The van der Waals surface area contributed by atoms with E-state index >= 15 is 0 Å². The van der Waals surface area contributed by atoms with E-state index in [9.17, 15) is 14.4 Å². The summed E-state index contributed by atoms with van der Waals surface area (Å²) in [6, 6.07) is 7.23. The second-order valence-electron chi connectivity index (χ2n) is 5.22. The molecular formula is C17H19NO4. The lowest BCUT2D eigenvalue weighted by Gasteiger charge is -2.03. The summed E-state index contributed by atoms with van der Waals surface area (Å²) in [5.74, 6) is -0.416. The summed E-state index contributed by atoms with van der Waals surface area (Å²) in [4.78, 5) is 35.1. The van der Waals surface area contributed by atoms with Crippen molar-refractivity contribution in [3.8, 4) is 0 Å². The topological polar surface area (TPSA) is 65.4 Å². The molecule has 5 heteroatoms. The molecule has 22 heavy (non-hydrogen) atoms. The number of ether oxygens (including phenoxy) is 1. The summed E-state index contributed by atoms with van der Waals surface area (Å²) >= 11 is 0. The second kappa shape index (κ2) is 7.02. The van der Waals surface area contributed by atoms with Crippen molar-refractivity contribution < 1.29 is 19.1 Å². The Balaban J connectivity index is 2.22. The highest BCUT2D eigenvalue weighted by molar-refractivity contribution is 6.07. The van der Waals surface area contributed by atoms with Gasteiger partial charge in [-0.1, -0.05) is 18.2 Å². The van der Waals surface area contributed by atoms with Crippen LogP contribution >= 0.6 is 0 Å². The minimum absolute atomic E-state index is 0.0881. The quantitative estimate of drug-likeness (QED) is 0.607. The van der Waals surface area contributed by atoms with Crippen LogP contribution in [0.4, 0.5) is 0 Å². The van der Waals surface area contributed by atoms with Crippen molar-refractivity contribution >= 4 is 28.6 Å². The molecule has 0 spiro atoms. The highest BCUT2D eigenvalue weighted by atomic mass is 16.5. The van der Waals surface area contributed by atoms with Crippen LogP contribution in [0.5, 0.6) is 0 Å². The fourth-order valence-corrected chi connectivity index (χ4v) is 2.43. The standard InChI is InChI=1S/C17H19NO4/c1-12(19)7-3-6-10-16(20)18-11-14(17(21)22-2)13-8-4-5-9-15(13)18/h4-5,8-9,11H,3,6-7,10H2,1-2H3. The number of rotatable bonds is 6. The molecule has 0 amide bonds. The second-order valence-corrected chi connectivity index (χ2v) is 5.22. The van der Waals surface area contributed by atoms with Gasteiger partial charge in [-0.3, -0.25) is 9.36 Å². The van der Waals surface area contributed by atoms with Crippen LogP contribution in [0.3, 0.4) is 0 Å². The van der Waals surface area contributed by atoms with Crippen molar-refractivity contribution in [3.63, 3.8) is 0 Å². The summed E-state index contributed by atoms with van der Waals surface area (Å²) in [6.45, 7) is 1.55. The molecule has 1 heterocycles. The lowest BCUT2D eigenvalue weighted by Crippen LogP contribution is -2.09. The van der Waals surface area contributed by atoms with Gasteiger partial charge in [0.1, 0.15) is 5.78 Å². The molecule has 1 aromatic carbocycles. The maximum atomic E-state index is 12.4. The molecule has 0 N–H and O–H groups in total. The number of nitrogens with zero attached hydrogens (tertiary/aromatic N) is 1. The van der Waals surface area contributed by atoms with E-state index in [1.165, 1.54) is 17.9 Å². The summed E-state index contributed by atoms with van der Waals surface area (Å²) in [7, 11) is 1.32. The van der Waals surface area contributed by atoms with E-state index in [0.717, 1.165) is 0 Å². The molecule has 0 atom stereocenters. The van der Waals surface area contributed by atoms with Gasteiger partial charge in [0.15, 0.2) is 0 Å². The van der Waals surface area contributed by atoms with Crippen molar-refractivity contribution in [1.29, 1.82) is 0 Å². The Labute approximate surface area is 128 Å². The molecule has 0 saturated heterocycles. The third-order valence-corrected chi connectivity index (χ3v) is 3.56. The average molecular weight is 301 g/mol. The van der Waals surface area contributed by atoms with Gasteiger partial charge in [-0.15, -0.1) is 0 Å². The minimum atomic E-state index is -0.459. The summed E-state index contributed by atoms with van der Waals surface area (Å²) in [5.41, 5.74) is 1.08. The van der Waals surface area contributed by atoms with E-state index in [2.05, 4.69) is 0 Å². The van der Waals surface area contributed by atoms with Crippen LogP contribution in [-0.4, -0.2) is 29.3 Å². The molecule has 116 valence electrons. The predicted octanol–water partition coefficient (Wildman–Crippen LogP) is 3.22. The Morgan fingerprint density at radius 3 is 2.45 bits per heavy atom. The van der Waals surface area contributed by atoms with Gasteiger partial charge in [0.25, 0.3) is 0 Å². The van der Waals surface area contributed by atoms with E-state index in [1.54, 1.807) is 19.1 Å². The van der Waals surface area contributed by atoms with Gasteiger partial charge in [0.05, 0.1) is 18.2 Å². The molecule has 0 aliphatic heterocycles. The van der Waals surface area contributed by atoms with Gasteiger partial charge in [-0.05, 0) is 25.8 Å². The number of fused-ring (bicyclic) bond motifs is 1. The average Bonchev–Trinajstić information content (AvgIpc) is 2.90. The Morgan fingerprint density at radius 1 is 1.09 bits per heavy atom. The fourth-order valence-electron chi connectivity index (χ4n) is 2.43. The molecule has 5 nitrogen and oxygen atoms in total. The highest BCUT2D eigenvalue weighted by Gasteiger charge is 2.18. The minimum Gasteiger partial charge on any atom is -0.465 e. The zero-order chi connectivity index (χ0) is 16.1. The first-order chi connectivity index (χ1) is 10.5. The molecule has 0 unspecified atom stereocenters. The molecule has 2 aromatic rings. The molecule has 0 bridgehead atoms. The lowest BCUT2D eigenvalue weighted by atomic mass is 10.1. The first-order valence-corrected chi connectivity index (χ1v) is 7.25. The van der Waals surface area contributed by atoms with Crippen molar-refractivity contribution in [2.75, 3.05) is 7.11 Å². The zero-order valence-corrected chi connectivity index (χ0v) is 12.8.